The van der Waals surface area contributed by atoms with Gasteiger partial charge >= 0.3 is 5.97 Å². The number of carbonyl (C=O) groups excluding carboxylic acids is 1. The van der Waals surface area contributed by atoms with Crippen LogP contribution in [0.3, 0.4) is 0 Å². The van der Waals surface area contributed by atoms with E-state index in [9.17, 15) is 4.79 Å². The van der Waals surface area contributed by atoms with Crippen molar-refractivity contribution in [1.82, 2.24) is 25.1 Å². The Bertz CT molecular complexity index is 1300. The zero-order valence-corrected chi connectivity index (χ0v) is 22.6. The summed E-state index contributed by atoms with van der Waals surface area (Å²) in [7, 11) is 1.43. The second-order valence-corrected chi connectivity index (χ2v) is 9.76. The molecule has 0 aliphatic rings. The molecule has 2 aromatic heterocycles. The van der Waals surface area contributed by atoms with E-state index in [2.05, 4.69) is 70.5 Å². The largest absolute Gasteiger partial charge is 0.469 e. The fourth-order valence-corrected chi connectivity index (χ4v) is 4.40. The van der Waals surface area contributed by atoms with Gasteiger partial charge in [0, 0.05) is 55.2 Å². The molecular formula is C30H38N6O2. The summed E-state index contributed by atoms with van der Waals surface area (Å²) in [4.78, 5) is 23.1. The smallest absolute Gasteiger partial charge is 0.305 e. The van der Waals surface area contributed by atoms with Crippen molar-refractivity contribution >= 4 is 28.4 Å². The number of hydrogen-bond donors (Lipinski definition) is 1. The van der Waals surface area contributed by atoms with Crippen molar-refractivity contribution in [2.24, 2.45) is 0 Å². The number of aromatic nitrogens is 4. The zero-order chi connectivity index (χ0) is 26.7. The van der Waals surface area contributed by atoms with Gasteiger partial charge in [0.2, 0.25) is 0 Å². The number of anilines is 2. The highest BCUT2D eigenvalue weighted by Gasteiger charge is 2.12. The number of benzene rings is 2. The predicted molar refractivity (Wildman–Crippen MR) is 152 cm³/mol. The highest BCUT2D eigenvalue weighted by Crippen LogP contribution is 2.28. The summed E-state index contributed by atoms with van der Waals surface area (Å²) in [6.45, 7) is 6.88. The minimum Gasteiger partial charge on any atom is -0.469 e. The molecule has 0 spiro atoms. The van der Waals surface area contributed by atoms with Gasteiger partial charge in [-0.3, -0.25) is 14.5 Å². The van der Waals surface area contributed by atoms with Crippen LogP contribution in [-0.4, -0.2) is 52.0 Å². The highest BCUT2D eigenvalue weighted by atomic mass is 16.5. The molecule has 2 aromatic carbocycles. The third-order valence-corrected chi connectivity index (χ3v) is 6.47. The minimum absolute atomic E-state index is 0.138. The lowest BCUT2D eigenvalue weighted by molar-refractivity contribution is -0.140. The number of nitrogens with one attached hydrogen (secondary N) is 1. The molecule has 0 amide bonds. The molecule has 0 fully saturated rings. The summed E-state index contributed by atoms with van der Waals surface area (Å²) in [5, 5.41) is 8.04. The Labute approximate surface area is 225 Å². The number of rotatable bonds is 14. The molecule has 2 heterocycles. The van der Waals surface area contributed by atoms with E-state index in [-0.39, 0.29) is 5.97 Å². The average molecular weight is 515 g/mol. The van der Waals surface area contributed by atoms with Crippen molar-refractivity contribution in [1.29, 1.82) is 0 Å². The average Bonchev–Trinajstić information content (AvgIpc) is 3.41. The van der Waals surface area contributed by atoms with Gasteiger partial charge < -0.3 is 15.0 Å². The quantitative estimate of drug-likeness (QED) is 0.169. The van der Waals surface area contributed by atoms with Crippen molar-refractivity contribution in [3.63, 3.8) is 0 Å². The first-order chi connectivity index (χ1) is 18.5. The Balaban J connectivity index is 1.45. The summed E-state index contributed by atoms with van der Waals surface area (Å²) < 4.78 is 6.65. The summed E-state index contributed by atoms with van der Waals surface area (Å²) in [5.41, 5.74) is 5.72. The van der Waals surface area contributed by atoms with E-state index in [4.69, 9.17) is 9.72 Å². The minimum atomic E-state index is -0.138. The molecule has 200 valence electrons. The van der Waals surface area contributed by atoms with E-state index in [0.29, 0.717) is 12.5 Å². The standard InChI is InChI=1S/C30H38N6O2/c1-23(2)31-16-18-36(25-11-7-6-8-12-25)26-14-15-27-28(19-26)34-29(21-32-27)24-20-33-35(22-24)17-10-5-4-9-13-30(37)38-3/h6-8,11-12,14-15,19-23,31H,4-5,9-10,13,16-18H2,1-3H3. The number of esters is 1. The van der Waals surface area contributed by atoms with Gasteiger partial charge in [0.1, 0.15) is 0 Å². The fraction of sp³-hybridized carbons (Fsp3) is 0.400. The first-order valence-corrected chi connectivity index (χ1v) is 13.5. The molecule has 0 aliphatic heterocycles. The molecule has 0 saturated heterocycles. The van der Waals surface area contributed by atoms with Crippen molar-refractivity contribution in [2.45, 2.75) is 58.5 Å². The van der Waals surface area contributed by atoms with Gasteiger partial charge in [-0.15, -0.1) is 0 Å². The molecule has 0 saturated carbocycles. The Morgan fingerprint density at radius 2 is 1.82 bits per heavy atom. The van der Waals surface area contributed by atoms with E-state index < -0.39 is 0 Å². The van der Waals surface area contributed by atoms with E-state index >= 15 is 0 Å². The number of para-hydroxylation sites is 1. The molecule has 0 aliphatic carbocycles. The highest BCUT2D eigenvalue weighted by molar-refractivity contribution is 5.82. The lowest BCUT2D eigenvalue weighted by atomic mass is 10.1. The summed E-state index contributed by atoms with van der Waals surface area (Å²) in [6.07, 6.45) is 10.1. The van der Waals surface area contributed by atoms with Crippen LogP contribution in [0.15, 0.2) is 67.1 Å². The zero-order valence-electron chi connectivity index (χ0n) is 22.6. The fourth-order valence-electron chi connectivity index (χ4n) is 4.40. The number of ether oxygens (including phenoxy) is 1. The molecule has 8 heteroatoms. The second-order valence-electron chi connectivity index (χ2n) is 9.76. The number of aryl methyl sites for hydroxylation is 1. The third-order valence-electron chi connectivity index (χ3n) is 6.47. The lowest BCUT2D eigenvalue weighted by Gasteiger charge is -2.26. The van der Waals surface area contributed by atoms with Crippen LogP contribution in [0.2, 0.25) is 0 Å². The number of methoxy groups -OCH3 is 1. The van der Waals surface area contributed by atoms with Gasteiger partial charge in [0.25, 0.3) is 0 Å². The molecule has 8 nitrogen and oxygen atoms in total. The molecule has 1 N–H and O–H groups in total. The molecule has 4 rings (SSSR count). The van der Waals surface area contributed by atoms with Crippen LogP contribution in [0, 0.1) is 0 Å². The van der Waals surface area contributed by atoms with Crippen LogP contribution in [0.5, 0.6) is 0 Å². The topological polar surface area (TPSA) is 85.2 Å². The third kappa shape index (κ3) is 7.61. The Hall–Kier alpha value is -3.78. The normalized spacial score (nSPS) is 11.3. The number of fused-ring (bicyclic) bond motifs is 1. The van der Waals surface area contributed by atoms with Crippen LogP contribution in [-0.2, 0) is 16.1 Å². The number of carbonyl (C=O) groups is 1. The first-order valence-electron chi connectivity index (χ1n) is 13.5. The van der Waals surface area contributed by atoms with Crippen LogP contribution < -0.4 is 10.2 Å². The Morgan fingerprint density at radius 3 is 2.61 bits per heavy atom. The van der Waals surface area contributed by atoms with E-state index in [1.807, 2.05) is 35.4 Å². The van der Waals surface area contributed by atoms with Crippen molar-refractivity contribution < 1.29 is 9.53 Å². The summed E-state index contributed by atoms with van der Waals surface area (Å²) >= 11 is 0. The number of nitrogens with zero attached hydrogens (tertiary/aromatic N) is 5. The van der Waals surface area contributed by atoms with Gasteiger partial charge in [0.15, 0.2) is 0 Å². The van der Waals surface area contributed by atoms with Crippen LogP contribution >= 0.6 is 0 Å². The number of hydrogen-bond acceptors (Lipinski definition) is 7. The van der Waals surface area contributed by atoms with Gasteiger partial charge in [-0.25, -0.2) is 4.98 Å². The summed E-state index contributed by atoms with van der Waals surface area (Å²) in [5.74, 6) is -0.138. The molecule has 0 unspecified atom stereocenters. The maximum absolute atomic E-state index is 11.2. The van der Waals surface area contributed by atoms with E-state index in [1.165, 1.54) is 7.11 Å². The van der Waals surface area contributed by atoms with E-state index in [0.717, 1.165) is 79.0 Å². The van der Waals surface area contributed by atoms with Gasteiger partial charge in [-0.05, 0) is 43.2 Å². The van der Waals surface area contributed by atoms with Gasteiger partial charge in [0.05, 0.1) is 36.2 Å². The van der Waals surface area contributed by atoms with Crippen LogP contribution in [0.4, 0.5) is 11.4 Å². The second kappa shape index (κ2) is 13.7. The van der Waals surface area contributed by atoms with Crippen molar-refractivity contribution in [2.75, 3.05) is 25.1 Å². The van der Waals surface area contributed by atoms with Gasteiger partial charge in [-0.1, -0.05) is 44.9 Å². The van der Waals surface area contributed by atoms with Crippen molar-refractivity contribution in [3.8, 4) is 11.3 Å². The van der Waals surface area contributed by atoms with Crippen LogP contribution in [0.1, 0.15) is 46.0 Å². The lowest BCUT2D eigenvalue weighted by Crippen LogP contribution is -2.32. The first kappa shape index (κ1) is 27.3. The molecule has 38 heavy (non-hydrogen) atoms. The maximum atomic E-state index is 11.2. The molecular weight excluding hydrogens is 476 g/mol. The Morgan fingerprint density at radius 1 is 1.00 bits per heavy atom. The summed E-state index contributed by atoms with van der Waals surface area (Å²) in [6, 6.07) is 17.1. The van der Waals surface area contributed by atoms with Crippen molar-refractivity contribution in [3.05, 3.63) is 67.1 Å². The van der Waals surface area contributed by atoms with Gasteiger partial charge in [-0.2, -0.15) is 5.10 Å². The molecule has 0 radical (unpaired) electrons. The maximum Gasteiger partial charge on any atom is 0.305 e. The van der Waals surface area contributed by atoms with Crippen LogP contribution in [0.25, 0.3) is 22.3 Å². The predicted octanol–water partition coefficient (Wildman–Crippen LogP) is 5.75. The molecule has 0 atom stereocenters. The van der Waals surface area contributed by atoms with E-state index in [1.54, 1.807) is 0 Å². The molecule has 0 bridgehead atoms. The number of unbranched alkanes of at least 4 members (excludes halogenated alkanes) is 3. The Kier molecular flexibility index (Phi) is 9.81. The molecule has 4 aromatic rings. The monoisotopic (exact) mass is 514 g/mol. The SMILES string of the molecule is COC(=O)CCCCCCn1cc(-c2cnc3ccc(N(CCNC(C)C)c4ccccc4)cc3n2)cn1.